The van der Waals surface area contributed by atoms with Gasteiger partial charge in [-0.25, -0.2) is 0 Å². The lowest BCUT2D eigenvalue weighted by atomic mass is 9.81. The van der Waals surface area contributed by atoms with Crippen LogP contribution in [0.25, 0.3) is 10.6 Å². The normalized spacial score (nSPS) is 16.3. The molecule has 1 fully saturated rings. The van der Waals surface area contributed by atoms with E-state index in [1.54, 1.807) is 11.3 Å². The van der Waals surface area contributed by atoms with Crippen molar-refractivity contribution in [3.05, 3.63) is 28.8 Å². The maximum absolute atomic E-state index is 9.50. The van der Waals surface area contributed by atoms with Crippen molar-refractivity contribution in [2.24, 2.45) is 0 Å². The van der Waals surface area contributed by atoms with Crippen LogP contribution in [0.5, 0.6) is 0 Å². The zero-order valence-electron chi connectivity index (χ0n) is 8.94. The molecule has 0 radical (unpaired) electrons. The quantitative estimate of drug-likeness (QED) is 0.858. The maximum atomic E-state index is 9.50. The molecular formula is C12H14N2OS. The van der Waals surface area contributed by atoms with Crippen molar-refractivity contribution >= 4 is 11.3 Å². The molecule has 0 unspecified atom stereocenters. The molecule has 3 nitrogen and oxygen atoms in total. The highest BCUT2D eigenvalue weighted by atomic mass is 32.1. The number of aromatic nitrogens is 2. The van der Waals surface area contributed by atoms with Crippen molar-refractivity contribution in [2.45, 2.75) is 31.8 Å². The topological polar surface area (TPSA) is 48.9 Å². The molecule has 0 bridgehead atoms. The lowest BCUT2D eigenvalue weighted by Gasteiger charge is -2.24. The molecule has 84 valence electrons. The van der Waals surface area contributed by atoms with Gasteiger partial charge in [-0.2, -0.15) is 5.10 Å². The third-order valence-electron chi connectivity index (χ3n) is 3.33. The van der Waals surface area contributed by atoms with E-state index in [-0.39, 0.29) is 6.61 Å². The first-order valence-corrected chi connectivity index (χ1v) is 6.50. The van der Waals surface area contributed by atoms with Crippen molar-refractivity contribution in [3.8, 4) is 10.6 Å². The van der Waals surface area contributed by atoms with E-state index in [0.717, 1.165) is 21.8 Å². The predicted octanol–water partition coefficient (Wildman–Crippen LogP) is 2.90. The van der Waals surface area contributed by atoms with E-state index in [1.807, 2.05) is 17.5 Å². The minimum atomic E-state index is 0.0789. The number of nitrogens with zero attached hydrogens (tertiary/aromatic N) is 1. The first-order chi connectivity index (χ1) is 7.90. The van der Waals surface area contributed by atoms with Crippen LogP contribution in [0.3, 0.4) is 0 Å². The Labute approximate surface area is 98.1 Å². The molecule has 0 saturated heterocycles. The number of hydrogen-bond donors (Lipinski definition) is 2. The number of aliphatic hydroxyl groups excluding tert-OH is 1. The molecular weight excluding hydrogens is 220 g/mol. The molecule has 4 heteroatoms. The Kier molecular flexibility index (Phi) is 2.53. The van der Waals surface area contributed by atoms with Gasteiger partial charge in [0.05, 0.1) is 11.5 Å². The van der Waals surface area contributed by atoms with Gasteiger partial charge in [0, 0.05) is 17.2 Å². The summed E-state index contributed by atoms with van der Waals surface area (Å²) >= 11 is 1.66. The first kappa shape index (κ1) is 10.1. The van der Waals surface area contributed by atoms with Gasteiger partial charge in [-0.05, 0) is 24.3 Å². The van der Waals surface area contributed by atoms with E-state index in [9.17, 15) is 5.11 Å². The summed E-state index contributed by atoms with van der Waals surface area (Å²) in [7, 11) is 0. The molecule has 0 spiro atoms. The highest BCUT2D eigenvalue weighted by molar-refractivity contribution is 7.13. The zero-order chi connectivity index (χ0) is 11.0. The van der Waals surface area contributed by atoms with E-state index in [4.69, 9.17) is 0 Å². The van der Waals surface area contributed by atoms with Gasteiger partial charge >= 0.3 is 0 Å². The Morgan fingerprint density at radius 3 is 2.94 bits per heavy atom. The van der Waals surface area contributed by atoms with E-state index < -0.39 is 0 Å². The van der Waals surface area contributed by atoms with Gasteiger partial charge in [0.25, 0.3) is 0 Å². The van der Waals surface area contributed by atoms with E-state index >= 15 is 0 Å². The van der Waals surface area contributed by atoms with Gasteiger partial charge < -0.3 is 5.11 Å². The minimum Gasteiger partial charge on any atom is -0.392 e. The smallest absolute Gasteiger partial charge is 0.108 e. The molecule has 2 heterocycles. The van der Waals surface area contributed by atoms with Gasteiger partial charge in [-0.1, -0.05) is 12.5 Å². The van der Waals surface area contributed by atoms with E-state index in [1.165, 1.54) is 19.3 Å². The van der Waals surface area contributed by atoms with Gasteiger partial charge in [-0.15, -0.1) is 11.3 Å². The van der Waals surface area contributed by atoms with Crippen LogP contribution in [0.2, 0.25) is 0 Å². The molecule has 0 amide bonds. The van der Waals surface area contributed by atoms with Gasteiger partial charge in [0.2, 0.25) is 0 Å². The average molecular weight is 234 g/mol. The van der Waals surface area contributed by atoms with E-state index in [2.05, 4.69) is 10.2 Å². The summed E-state index contributed by atoms with van der Waals surface area (Å²) in [5.41, 5.74) is 3.07. The van der Waals surface area contributed by atoms with Crippen LogP contribution in [0.15, 0.2) is 17.5 Å². The van der Waals surface area contributed by atoms with Crippen molar-refractivity contribution in [2.75, 3.05) is 0 Å². The molecule has 0 aromatic carbocycles. The summed E-state index contributed by atoms with van der Waals surface area (Å²) in [6, 6.07) is 4.06. The van der Waals surface area contributed by atoms with Crippen molar-refractivity contribution < 1.29 is 5.11 Å². The Bertz CT molecular complexity index is 471. The standard InChI is InChI=1S/C12H14N2OS/c15-7-9-11(8-3-1-4-8)13-14-12(9)10-5-2-6-16-10/h2,5-6,8,15H,1,3-4,7H2,(H,13,14). The summed E-state index contributed by atoms with van der Waals surface area (Å²) < 4.78 is 0. The third-order valence-corrected chi connectivity index (χ3v) is 4.20. The monoisotopic (exact) mass is 234 g/mol. The van der Waals surface area contributed by atoms with Gasteiger partial charge in [0.15, 0.2) is 0 Å². The molecule has 0 atom stereocenters. The van der Waals surface area contributed by atoms with Crippen molar-refractivity contribution in [1.82, 2.24) is 10.2 Å². The van der Waals surface area contributed by atoms with E-state index in [0.29, 0.717) is 5.92 Å². The fourth-order valence-corrected chi connectivity index (χ4v) is 2.93. The van der Waals surface area contributed by atoms with Crippen LogP contribution >= 0.6 is 11.3 Å². The molecule has 2 aromatic heterocycles. The van der Waals surface area contributed by atoms with Crippen molar-refractivity contribution in [3.63, 3.8) is 0 Å². The van der Waals surface area contributed by atoms with Crippen LogP contribution in [0.4, 0.5) is 0 Å². The summed E-state index contributed by atoms with van der Waals surface area (Å²) in [6.45, 7) is 0.0789. The lowest BCUT2D eigenvalue weighted by molar-refractivity contribution is 0.278. The average Bonchev–Trinajstić information content (AvgIpc) is 2.81. The second kappa shape index (κ2) is 4.03. The van der Waals surface area contributed by atoms with Crippen LogP contribution in [-0.4, -0.2) is 15.3 Å². The fourth-order valence-electron chi connectivity index (χ4n) is 2.19. The predicted molar refractivity (Wildman–Crippen MR) is 64.4 cm³/mol. The number of rotatable bonds is 3. The van der Waals surface area contributed by atoms with Gasteiger partial charge in [0.1, 0.15) is 5.69 Å². The molecule has 16 heavy (non-hydrogen) atoms. The Morgan fingerprint density at radius 1 is 1.50 bits per heavy atom. The molecule has 2 N–H and O–H groups in total. The number of aromatic amines is 1. The molecule has 0 aliphatic heterocycles. The highest BCUT2D eigenvalue weighted by Crippen LogP contribution is 2.39. The number of H-pyrrole nitrogens is 1. The SMILES string of the molecule is OCc1c(-c2cccs2)n[nH]c1C1CCC1. The van der Waals surface area contributed by atoms with Gasteiger partial charge in [-0.3, -0.25) is 5.10 Å². The number of nitrogens with one attached hydrogen (secondary N) is 1. The fraction of sp³-hybridized carbons (Fsp3) is 0.417. The third kappa shape index (κ3) is 1.49. The number of hydrogen-bond acceptors (Lipinski definition) is 3. The van der Waals surface area contributed by atoms with Crippen LogP contribution < -0.4 is 0 Å². The molecule has 3 rings (SSSR count). The Morgan fingerprint density at radius 2 is 2.38 bits per heavy atom. The van der Waals surface area contributed by atoms with Crippen LogP contribution in [0.1, 0.15) is 36.4 Å². The maximum Gasteiger partial charge on any atom is 0.108 e. The lowest BCUT2D eigenvalue weighted by Crippen LogP contribution is -2.11. The second-order valence-corrected chi connectivity index (χ2v) is 5.18. The summed E-state index contributed by atoms with van der Waals surface area (Å²) in [5, 5.41) is 19.0. The summed E-state index contributed by atoms with van der Waals surface area (Å²) in [5.74, 6) is 0.586. The Balaban J connectivity index is 2.02. The van der Waals surface area contributed by atoms with Crippen LogP contribution in [-0.2, 0) is 6.61 Å². The second-order valence-electron chi connectivity index (χ2n) is 4.23. The highest BCUT2D eigenvalue weighted by Gasteiger charge is 2.26. The zero-order valence-corrected chi connectivity index (χ0v) is 9.76. The first-order valence-electron chi connectivity index (χ1n) is 5.62. The molecule has 1 saturated carbocycles. The van der Waals surface area contributed by atoms with Crippen LogP contribution in [0, 0.1) is 0 Å². The minimum absolute atomic E-state index is 0.0789. The number of thiophene rings is 1. The molecule has 1 aliphatic carbocycles. The molecule has 2 aromatic rings. The molecule has 1 aliphatic rings. The Hall–Kier alpha value is -1.13. The largest absolute Gasteiger partial charge is 0.392 e. The van der Waals surface area contributed by atoms with Crippen molar-refractivity contribution in [1.29, 1.82) is 0 Å². The number of aliphatic hydroxyl groups is 1. The summed E-state index contributed by atoms with van der Waals surface area (Å²) in [6.07, 6.45) is 3.74. The summed E-state index contributed by atoms with van der Waals surface area (Å²) in [4.78, 5) is 1.13.